The third-order valence-corrected chi connectivity index (χ3v) is 3.19. The predicted octanol–water partition coefficient (Wildman–Crippen LogP) is 2.40. The van der Waals surface area contributed by atoms with Crippen molar-refractivity contribution in [3.05, 3.63) is 54.4 Å². The highest BCUT2D eigenvalue weighted by Crippen LogP contribution is 2.14. The molecule has 0 amide bonds. The lowest BCUT2D eigenvalue weighted by Gasteiger charge is -2.12. The maximum Gasteiger partial charge on any atom is 0.191 e. The third kappa shape index (κ3) is 5.91. The second-order valence-corrected chi connectivity index (χ2v) is 5.03. The number of hydrogen-bond acceptors (Lipinski definition) is 2. The van der Waals surface area contributed by atoms with Gasteiger partial charge in [0.1, 0.15) is 12.4 Å². The molecule has 0 unspecified atom stereocenters. The molecule has 1 heterocycles. The minimum absolute atomic E-state index is 0.297. The van der Waals surface area contributed by atoms with Crippen molar-refractivity contribution in [3.63, 3.8) is 0 Å². The van der Waals surface area contributed by atoms with E-state index >= 15 is 0 Å². The van der Waals surface area contributed by atoms with E-state index in [1.807, 2.05) is 31.5 Å². The van der Waals surface area contributed by atoms with Gasteiger partial charge in [0, 0.05) is 31.5 Å². The molecule has 130 valence electrons. The molecule has 0 aliphatic rings. The fraction of sp³-hybridized carbons (Fsp3) is 0.353. The van der Waals surface area contributed by atoms with Crippen molar-refractivity contribution < 1.29 is 13.5 Å². The number of rotatable bonds is 8. The standard InChI is InChI=1S/C17H22F2N4O/c1-2-20-17(21-7-11-23-9-3-4-10-23)22-8-12-24-14-5-6-15(18)16(19)13-14/h3-6,9-10,13H,2,7-8,11-12H2,1H3,(H2,20,21,22). The van der Waals surface area contributed by atoms with Gasteiger partial charge in [-0.25, -0.2) is 8.78 Å². The summed E-state index contributed by atoms with van der Waals surface area (Å²) in [6.07, 6.45) is 3.98. The van der Waals surface area contributed by atoms with Gasteiger partial charge in [0.25, 0.3) is 0 Å². The lowest BCUT2D eigenvalue weighted by atomic mass is 10.3. The summed E-state index contributed by atoms with van der Waals surface area (Å²) in [4.78, 5) is 4.47. The van der Waals surface area contributed by atoms with Gasteiger partial charge in [0.2, 0.25) is 0 Å². The molecule has 0 saturated heterocycles. The first-order chi connectivity index (χ1) is 11.7. The van der Waals surface area contributed by atoms with E-state index in [4.69, 9.17) is 4.74 Å². The van der Waals surface area contributed by atoms with Crippen LogP contribution in [0.5, 0.6) is 5.75 Å². The molecule has 2 rings (SSSR count). The van der Waals surface area contributed by atoms with Crippen molar-refractivity contribution in [1.82, 2.24) is 15.2 Å². The van der Waals surface area contributed by atoms with E-state index in [1.54, 1.807) is 0 Å². The van der Waals surface area contributed by atoms with Crippen LogP contribution in [0.15, 0.2) is 47.7 Å². The smallest absolute Gasteiger partial charge is 0.191 e. The average molecular weight is 336 g/mol. The van der Waals surface area contributed by atoms with Crippen LogP contribution in [0.25, 0.3) is 0 Å². The van der Waals surface area contributed by atoms with Gasteiger partial charge >= 0.3 is 0 Å². The number of guanidine groups is 1. The molecule has 7 heteroatoms. The van der Waals surface area contributed by atoms with Crippen LogP contribution >= 0.6 is 0 Å². The van der Waals surface area contributed by atoms with Gasteiger partial charge in [-0.3, -0.25) is 4.99 Å². The molecule has 0 bridgehead atoms. The second kappa shape index (κ2) is 9.54. The molecular weight excluding hydrogens is 314 g/mol. The van der Waals surface area contributed by atoms with E-state index in [0.29, 0.717) is 31.4 Å². The number of benzene rings is 1. The lowest BCUT2D eigenvalue weighted by Crippen LogP contribution is -2.39. The summed E-state index contributed by atoms with van der Waals surface area (Å²) >= 11 is 0. The molecule has 24 heavy (non-hydrogen) atoms. The first kappa shape index (κ1) is 17.8. The van der Waals surface area contributed by atoms with E-state index in [0.717, 1.165) is 25.2 Å². The molecule has 2 N–H and O–H groups in total. The summed E-state index contributed by atoms with van der Waals surface area (Å²) < 4.78 is 33.3. The van der Waals surface area contributed by atoms with Crippen molar-refractivity contribution in [2.45, 2.75) is 13.5 Å². The fourth-order valence-corrected chi connectivity index (χ4v) is 2.04. The van der Waals surface area contributed by atoms with Crippen molar-refractivity contribution in [2.24, 2.45) is 4.99 Å². The molecule has 0 atom stereocenters. The first-order valence-corrected chi connectivity index (χ1v) is 7.90. The number of ether oxygens (including phenoxy) is 1. The molecule has 0 aliphatic heterocycles. The molecular formula is C17H22F2N4O. The van der Waals surface area contributed by atoms with Crippen molar-refractivity contribution in [3.8, 4) is 5.75 Å². The zero-order valence-electron chi connectivity index (χ0n) is 13.6. The number of nitrogens with zero attached hydrogens (tertiary/aromatic N) is 2. The Kier molecular flexibility index (Phi) is 7.07. The van der Waals surface area contributed by atoms with Gasteiger partial charge in [-0.2, -0.15) is 0 Å². The molecule has 1 aromatic carbocycles. The predicted molar refractivity (Wildman–Crippen MR) is 90.3 cm³/mol. The Bertz CT molecular complexity index is 644. The summed E-state index contributed by atoms with van der Waals surface area (Å²) in [6.45, 7) is 4.99. The summed E-state index contributed by atoms with van der Waals surface area (Å²) in [5.74, 6) is -0.811. The molecule has 0 aliphatic carbocycles. The highest BCUT2D eigenvalue weighted by molar-refractivity contribution is 5.79. The van der Waals surface area contributed by atoms with Crippen LogP contribution in [0.4, 0.5) is 8.78 Å². The number of halogens is 2. The number of hydrogen-bond donors (Lipinski definition) is 2. The maximum absolute atomic E-state index is 13.1. The van der Waals surface area contributed by atoms with Gasteiger partial charge in [-0.05, 0) is 31.2 Å². The largest absolute Gasteiger partial charge is 0.492 e. The van der Waals surface area contributed by atoms with E-state index in [9.17, 15) is 8.78 Å². The van der Waals surface area contributed by atoms with Crippen LogP contribution in [0.2, 0.25) is 0 Å². The Morgan fingerprint density at radius 3 is 2.67 bits per heavy atom. The van der Waals surface area contributed by atoms with E-state index < -0.39 is 11.6 Å². The summed E-state index contributed by atoms with van der Waals surface area (Å²) in [7, 11) is 0. The quantitative estimate of drug-likeness (QED) is 0.442. The normalized spacial score (nSPS) is 11.4. The maximum atomic E-state index is 13.1. The molecule has 0 spiro atoms. The number of nitrogens with one attached hydrogen (secondary N) is 2. The number of aromatic nitrogens is 1. The average Bonchev–Trinajstić information content (AvgIpc) is 3.08. The Balaban J connectivity index is 1.73. The Morgan fingerprint density at radius 1 is 1.17 bits per heavy atom. The molecule has 0 fully saturated rings. The van der Waals surface area contributed by atoms with E-state index in [2.05, 4.69) is 20.2 Å². The number of aliphatic imine (C=N–C) groups is 1. The van der Waals surface area contributed by atoms with Crippen LogP contribution in [-0.2, 0) is 6.54 Å². The molecule has 0 radical (unpaired) electrons. The first-order valence-electron chi connectivity index (χ1n) is 7.90. The third-order valence-electron chi connectivity index (χ3n) is 3.19. The van der Waals surface area contributed by atoms with Crippen LogP contribution in [0.3, 0.4) is 0 Å². The molecule has 2 aromatic rings. The summed E-state index contributed by atoms with van der Waals surface area (Å²) in [5, 5.41) is 6.28. The topological polar surface area (TPSA) is 50.6 Å². The van der Waals surface area contributed by atoms with Gasteiger partial charge in [-0.1, -0.05) is 0 Å². The van der Waals surface area contributed by atoms with Crippen LogP contribution in [0, 0.1) is 11.6 Å². The van der Waals surface area contributed by atoms with Gasteiger partial charge in [0.05, 0.1) is 13.1 Å². The van der Waals surface area contributed by atoms with Crippen LogP contribution < -0.4 is 15.4 Å². The molecule has 5 nitrogen and oxygen atoms in total. The highest BCUT2D eigenvalue weighted by atomic mass is 19.2. The minimum Gasteiger partial charge on any atom is -0.492 e. The van der Waals surface area contributed by atoms with Gasteiger partial charge in [-0.15, -0.1) is 0 Å². The monoisotopic (exact) mass is 336 g/mol. The van der Waals surface area contributed by atoms with Crippen LogP contribution in [-0.4, -0.2) is 36.8 Å². The Hall–Kier alpha value is -2.57. The van der Waals surface area contributed by atoms with Gasteiger partial charge < -0.3 is 19.9 Å². The zero-order valence-corrected chi connectivity index (χ0v) is 13.6. The summed E-state index contributed by atoms with van der Waals surface area (Å²) in [5.41, 5.74) is 0. The second-order valence-electron chi connectivity index (χ2n) is 5.03. The van der Waals surface area contributed by atoms with E-state index in [1.165, 1.54) is 6.07 Å². The van der Waals surface area contributed by atoms with Crippen molar-refractivity contribution in [1.29, 1.82) is 0 Å². The van der Waals surface area contributed by atoms with Crippen molar-refractivity contribution in [2.75, 3.05) is 26.2 Å². The summed E-state index contributed by atoms with van der Waals surface area (Å²) in [6, 6.07) is 7.43. The zero-order chi connectivity index (χ0) is 17.2. The minimum atomic E-state index is -0.916. The fourth-order valence-electron chi connectivity index (χ4n) is 2.04. The van der Waals surface area contributed by atoms with Gasteiger partial charge in [0.15, 0.2) is 17.6 Å². The highest BCUT2D eigenvalue weighted by Gasteiger charge is 2.03. The van der Waals surface area contributed by atoms with Crippen LogP contribution in [0.1, 0.15) is 6.92 Å². The molecule has 0 saturated carbocycles. The Morgan fingerprint density at radius 2 is 1.96 bits per heavy atom. The lowest BCUT2D eigenvalue weighted by molar-refractivity contribution is 0.318. The molecule has 1 aromatic heterocycles. The SMILES string of the molecule is CCNC(=NCCn1cccc1)NCCOc1ccc(F)c(F)c1. The Labute approximate surface area is 140 Å². The van der Waals surface area contributed by atoms with E-state index in [-0.39, 0.29) is 0 Å². The van der Waals surface area contributed by atoms with Crippen molar-refractivity contribution >= 4 is 5.96 Å².